The highest BCUT2D eigenvalue weighted by molar-refractivity contribution is 6.32. The van der Waals surface area contributed by atoms with Crippen molar-refractivity contribution < 1.29 is 9.84 Å². The van der Waals surface area contributed by atoms with Crippen molar-refractivity contribution in [2.24, 2.45) is 0 Å². The van der Waals surface area contributed by atoms with Gasteiger partial charge in [0, 0.05) is 44.6 Å². The topological polar surface area (TPSA) is 118 Å². The third kappa shape index (κ3) is 4.77. The molecule has 0 amide bonds. The number of nitrogens with one attached hydrogen (secondary N) is 4. The Kier molecular flexibility index (Phi) is 6.86. The molecule has 9 nitrogen and oxygen atoms in total. The number of rotatable bonds is 7. The summed E-state index contributed by atoms with van der Waals surface area (Å²) in [7, 11) is 1.54. The largest absolute Gasteiger partial charge is 0.495 e. The van der Waals surface area contributed by atoms with E-state index in [0.717, 1.165) is 48.5 Å². The SMILES string of the molecule is COc1ccc(C(O)CNc2cc[nH]c(=O)c2-c2nc3c(C)cc(N4CCNCC4)cc3[nH]2)cc1Cl. The van der Waals surface area contributed by atoms with Gasteiger partial charge < -0.3 is 35.3 Å². The van der Waals surface area contributed by atoms with Gasteiger partial charge in [-0.3, -0.25) is 4.79 Å². The van der Waals surface area contributed by atoms with E-state index in [4.69, 9.17) is 21.3 Å². The summed E-state index contributed by atoms with van der Waals surface area (Å²) in [6.45, 7) is 6.00. The number of pyridine rings is 1. The first-order valence-corrected chi connectivity index (χ1v) is 12.3. The standard InChI is InChI=1S/C26H29ClN6O3/c1-15-11-17(33-9-7-28-8-10-33)13-20-24(15)32-25(31-20)23-19(5-6-29-26(23)35)30-14-21(34)16-3-4-22(36-2)18(27)12-16/h3-6,11-13,21,28,34H,7-10,14H2,1-2H3,(H,31,32)(H2,29,30,35). The third-order valence-electron chi connectivity index (χ3n) is 6.49. The number of methoxy groups -OCH3 is 1. The van der Waals surface area contributed by atoms with Gasteiger partial charge in [0.1, 0.15) is 17.1 Å². The number of H-pyrrole nitrogens is 2. The van der Waals surface area contributed by atoms with Gasteiger partial charge in [0.15, 0.2) is 0 Å². The van der Waals surface area contributed by atoms with E-state index in [1.165, 1.54) is 0 Å². The number of hydrogen-bond donors (Lipinski definition) is 5. The minimum Gasteiger partial charge on any atom is -0.495 e. The maximum atomic E-state index is 12.9. The van der Waals surface area contributed by atoms with Crippen LogP contribution in [0.1, 0.15) is 17.2 Å². The number of aryl methyl sites for hydroxylation is 1. The number of ether oxygens (including phenoxy) is 1. The number of nitrogens with zero attached hydrogens (tertiary/aromatic N) is 2. The van der Waals surface area contributed by atoms with E-state index in [0.29, 0.717) is 33.4 Å². The number of aromatic amines is 2. The average molecular weight is 509 g/mol. The minimum atomic E-state index is -0.847. The fourth-order valence-corrected chi connectivity index (χ4v) is 4.84. The van der Waals surface area contributed by atoms with Gasteiger partial charge in [-0.15, -0.1) is 0 Å². The van der Waals surface area contributed by atoms with Crippen molar-refractivity contribution in [3.63, 3.8) is 0 Å². The van der Waals surface area contributed by atoms with Crippen LogP contribution < -0.4 is 25.8 Å². The summed E-state index contributed by atoms with van der Waals surface area (Å²) >= 11 is 6.21. The van der Waals surface area contributed by atoms with Crippen LogP contribution in [0.5, 0.6) is 5.75 Å². The predicted molar refractivity (Wildman–Crippen MR) is 143 cm³/mol. The molecule has 1 aliphatic rings. The van der Waals surface area contributed by atoms with Crippen LogP contribution in [0, 0.1) is 6.92 Å². The fraction of sp³-hybridized carbons (Fsp3) is 0.308. The van der Waals surface area contributed by atoms with Crippen molar-refractivity contribution in [1.29, 1.82) is 0 Å². The van der Waals surface area contributed by atoms with Crippen molar-refractivity contribution in [2.75, 3.05) is 50.1 Å². The number of halogens is 1. The smallest absolute Gasteiger partial charge is 0.261 e. The summed E-state index contributed by atoms with van der Waals surface area (Å²) in [6.07, 6.45) is 0.723. The summed E-state index contributed by atoms with van der Waals surface area (Å²) in [5.74, 6) is 1.01. The van der Waals surface area contributed by atoms with Crippen molar-refractivity contribution in [2.45, 2.75) is 13.0 Å². The van der Waals surface area contributed by atoms with Crippen LogP contribution in [-0.2, 0) is 0 Å². The molecule has 1 saturated heterocycles. The van der Waals surface area contributed by atoms with Crippen LogP contribution in [0.25, 0.3) is 22.4 Å². The van der Waals surface area contributed by atoms with E-state index >= 15 is 0 Å². The Morgan fingerprint density at radius 1 is 1.22 bits per heavy atom. The molecule has 1 fully saturated rings. The Morgan fingerprint density at radius 2 is 2.03 bits per heavy atom. The second-order valence-corrected chi connectivity index (χ2v) is 9.27. The summed E-state index contributed by atoms with van der Waals surface area (Å²) in [6, 6.07) is 11.1. The molecule has 5 N–H and O–H groups in total. The quantitative estimate of drug-likeness (QED) is 0.259. The van der Waals surface area contributed by atoms with Gasteiger partial charge in [-0.05, 0) is 48.4 Å². The van der Waals surface area contributed by atoms with Crippen LogP contribution in [0.4, 0.5) is 11.4 Å². The van der Waals surface area contributed by atoms with E-state index in [9.17, 15) is 9.90 Å². The Balaban J connectivity index is 1.43. The molecule has 0 aliphatic carbocycles. The van der Waals surface area contributed by atoms with Crippen LogP contribution in [0.3, 0.4) is 0 Å². The number of aliphatic hydroxyl groups excluding tert-OH is 1. The third-order valence-corrected chi connectivity index (χ3v) is 6.78. The molecule has 2 aromatic heterocycles. The van der Waals surface area contributed by atoms with E-state index in [2.05, 4.69) is 37.6 Å². The molecule has 1 aliphatic heterocycles. The molecule has 5 rings (SSSR count). The van der Waals surface area contributed by atoms with E-state index in [-0.39, 0.29) is 12.1 Å². The first kappa shape index (κ1) is 24.2. The summed E-state index contributed by atoms with van der Waals surface area (Å²) in [4.78, 5) is 26.1. The predicted octanol–water partition coefficient (Wildman–Crippen LogP) is 3.44. The molecule has 188 valence electrons. The molecule has 1 atom stereocenters. The van der Waals surface area contributed by atoms with E-state index in [1.54, 1.807) is 37.6 Å². The lowest BCUT2D eigenvalue weighted by atomic mass is 10.1. The maximum absolute atomic E-state index is 12.9. The zero-order chi connectivity index (χ0) is 25.2. The number of hydrogen-bond acceptors (Lipinski definition) is 7. The first-order valence-electron chi connectivity index (χ1n) is 11.9. The van der Waals surface area contributed by atoms with Gasteiger partial charge in [-0.25, -0.2) is 4.98 Å². The van der Waals surface area contributed by atoms with Gasteiger partial charge in [-0.1, -0.05) is 17.7 Å². The van der Waals surface area contributed by atoms with Crippen LogP contribution >= 0.6 is 11.6 Å². The Morgan fingerprint density at radius 3 is 2.78 bits per heavy atom. The summed E-state index contributed by atoms with van der Waals surface area (Å²) in [5.41, 5.74) is 5.19. The minimum absolute atomic E-state index is 0.172. The molecule has 3 heterocycles. The summed E-state index contributed by atoms with van der Waals surface area (Å²) in [5, 5.41) is 17.7. The number of imidazole rings is 1. The van der Waals surface area contributed by atoms with E-state index < -0.39 is 6.10 Å². The molecule has 0 spiro atoms. The number of fused-ring (bicyclic) bond motifs is 1. The van der Waals surface area contributed by atoms with Gasteiger partial charge in [0.2, 0.25) is 0 Å². The lowest BCUT2D eigenvalue weighted by molar-refractivity contribution is 0.191. The fourth-order valence-electron chi connectivity index (χ4n) is 4.57. The van der Waals surface area contributed by atoms with E-state index in [1.807, 2.05) is 6.92 Å². The number of aliphatic hydroxyl groups is 1. The number of benzene rings is 2. The second kappa shape index (κ2) is 10.2. The number of anilines is 2. The molecule has 0 radical (unpaired) electrons. The molecule has 36 heavy (non-hydrogen) atoms. The summed E-state index contributed by atoms with van der Waals surface area (Å²) < 4.78 is 5.18. The Labute approximate surface area is 213 Å². The van der Waals surface area contributed by atoms with Gasteiger partial charge in [0.25, 0.3) is 5.56 Å². The molecular weight excluding hydrogens is 480 g/mol. The maximum Gasteiger partial charge on any atom is 0.261 e. The van der Waals surface area contributed by atoms with Crippen molar-refractivity contribution in [3.8, 4) is 17.1 Å². The van der Waals surface area contributed by atoms with Crippen molar-refractivity contribution >= 4 is 34.0 Å². The van der Waals surface area contributed by atoms with Crippen LogP contribution in [0.15, 0.2) is 47.4 Å². The molecular formula is C26H29ClN6O3. The van der Waals surface area contributed by atoms with Crippen LogP contribution in [-0.4, -0.2) is 59.9 Å². The highest BCUT2D eigenvalue weighted by Crippen LogP contribution is 2.31. The average Bonchev–Trinajstić information content (AvgIpc) is 3.32. The van der Waals surface area contributed by atoms with Gasteiger partial charge in [0.05, 0.1) is 35.0 Å². The molecule has 0 saturated carbocycles. The van der Waals surface area contributed by atoms with Gasteiger partial charge in [-0.2, -0.15) is 0 Å². The Bertz CT molecular complexity index is 1440. The van der Waals surface area contributed by atoms with Gasteiger partial charge >= 0.3 is 0 Å². The number of aromatic nitrogens is 3. The Hall–Kier alpha value is -3.53. The normalized spacial score (nSPS) is 14.7. The monoisotopic (exact) mass is 508 g/mol. The van der Waals surface area contributed by atoms with Crippen molar-refractivity contribution in [3.05, 3.63) is 69.1 Å². The van der Waals surface area contributed by atoms with Crippen molar-refractivity contribution in [1.82, 2.24) is 20.3 Å². The molecule has 10 heteroatoms. The molecule has 4 aromatic rings. The zero-order valence-corrected chi connectivity index (χ0v) is 20.9. The lowest BCUT2D eigenvalue weighted by Gasteiger charge is -2.29. The highest BCUT2D eigenvalue weighted by Gasteiger charge is 2.19. The highest BCUT2D eigenvalue weighted by atomic mass is 35.5. The first-order chi connectivity index (χ1) is 17.4. The molecule has 2 aromatic carbocycles. The second-order valence-electron chi connectivity index (χ2n) is 8.87. The van der Waals surface area contributed by atoms with Crippen LogP contribution in [0.2, 0.25) is 5.02 Å². The lowest BCUT2D eigenvalue weighted by Crippen LogP contribution is -2.43. The number of piperazine rings is 1. The zero-order valence-electron chi connectivity index (χ0n) is 20.2. The molecule has 1 unspecified atom stereocenters. The molecule has 0 bridgehead atoms.